The van der Waals surface area contributed by atoms with Crippen molar-refractivity contribution in [3.63, 3.8) is 0 Å². The number of hydrogen-bond acceptors (Lipinski definition) is 2. The van der Waals surface area contributed by atoms with Crippen molar-refractivity contribution in [2.75, 3.05) is 13.1 Å². The first kappa shape index (κ1) is 16.0. The Hall–Kier alpha value is 0.01000. The molecule has 0 aliphatic rings. The van der Waals surface area contributed by atoms with Crippen LogP contribution in [-0.4, -0.2) is 27.2 Å². The molecule has 0 aliphatic heterocycles. The van der Waals surface area contributed by atoms with Gasteiger partial charge in [-0.3, -0.25) is 0 Å². The normalized spacial score (nSPS) is 15.1. The molecule has 0 aromatic rings. The Bertz CT molecular complexity index is 175. The van der Waals surface area contributed by atoms with E-state index in [2.05, 4.69) is 31.7 Å². The molecule has 0 heterocycles. The Balaban J connectivity index is 3.84. The molecule has 16 heavy (non-hydrogen) atoms. The second kappa shape index (κ2) is 10.2. The van der Waals surface area contributed by atoms with E-state index in [0.29, 0.717) is 0 Å². The maximum atomic E-state index is 12.1. The van der Waals surface area contributed by atoms with Crippen molar-refractivity contribution in [2.45, 2.75) is 58.1 Å². The summed E-state index contributed by atoms with van der Waals surface area (Å²) in [7, 11) is 0. The fourth-order valence-electron chi connectivity index (χ4n) is 1.70. The van der Waals surface area contributed by atoms with Crippen LogP contribution in [0.4, 0.5) is 0 Å². The first-order chi connectivity index (χ1) is 7.67. The van der Waals surface area contributed by atoms with E-state index in [0.717, 1.165) is 38.8 Å². The molecule has 2 atom stereocenters. The van der Waals surface area contributed by atoms with Gasteiger partial charge in [0.25, 0.3) is 0 Å². The van der Waals surface area contributed by atoms with Crippen molar-refractivity contribution in [1.82, 2.24) is 4.31 Å². The third-order valence-corrected chi connectivity index (χ3v) is 4.57. The Kier molecular flexibility index (Phi) is 10.2. The molecule has 0 spiro atoms. The topological polar surface area (TPSA) is 26.3 Å². The van der Waals surface area contributed by atoms with Gasteiger partial charge in [0.15, 0.2) is 0 Å². The van der Waals surface area contributed by atoms with Crippen molar-refractivity contribution in [3.05, 3.63) is 12.7 Å². The van der Waals surface area contributed by atoms with Crippen LogP contribution in [0.2, 0.25) is 0 Å². The summed E-state index contributed by atoms with van der Waals surface area (Å²) in [5.41, 5.74) is 0. The first-order valence-electron chi connectivity index (χ1n) is 6.43. The average Bonchev–Trinajstić information content (AvgIpc) is 2.30. The standard InChI is InChI=1S/C13H27NOS/c1-5-8-9-10-11-13(4)16(15)14(7-3)12-6-2/h5,13H,1,6-12H2,2-4H3. The van der Waals surface area contributed by atoms with Gasteiger partial charge in [-0.05, 0) is 46.0 Å². The zero-order valence-corrected chi connectivity index (χ0v) is 11.9. The van der Waals surface area contributed by atoms with Crippen LogP contribution in [0.5, 0.6) is 0 Å². The lowest BCUT2D eigenvalue weighted by molar-refractivity contribution is 0.416. The van der Waals surface area contributed by atoms with Crippen molar-refractivity contribution in [3.8, 4) is 0 Å². The van der Waals surface area contributed by atoms with Gasteiger partial charge in [-0.1, -0.05) is 13.0 Å². The second-order valence-corrected chi connectivity index (χ2v) is 6.06. The molecule has 2 nitrogen and oxygen atoms in total. The third-order valence-electron chi connectivity index (χ3n) is 2.69. The van der Waals surface area contributed by atoms with Crippen LogP contribution in [0.1, 0.15) is 52.9 Å². The molecule has 3 heteroatoms. The summed E-state index contributed by atoms with van der Waals surface area (Å²) in [4.78, 5) is 0. The van der Waals surface area contributed by atoms with Crippen molar-refractivity contribution >= 4 is 11.4 Å². The molecule has 0 rings (SSSR count). The lowest BCUT2D eigenvalue weighted by Crippen LogP contribution is -2.37. The average molecular weight is 245 g/mol. The molecule has 96 valence electrons. The van der Waals surface area contributed by atoms with Gasteiger partial charge in [0, 0.05) is 24.5 Å². The molecule has 2 unspecified atom stereocenters. The summed E-state index contributed by atoms with van der Waals surface area (Å²) >= 11 is -0.800. The van der Waals surface area contributed by atoms with E-state index < -0.39 is 11.4 Å². The van der Waals surface area contributed by atoms with Gasteiger partial charge in [-0.25, -0.2) is 0 Å². The van der Waals surface area contributed by atoms with Gasteiger partial charge in [-0.2, -0.15) is 0 Å². The lowest BCUT2D eigenvalue weighted by atomic mass is 10.1. The van der Waals surface area contributed by atoms with Crippen LogP contribution in [-0.2, 0) is 11.4 Å². The molecule has 0 bridgehead atoms. The molecule has 0 saturated heterocycles. The van der Waals surface area contributed by atoms with Crippen molar-refractivity contribution in [2.24, 2.45) is 0 Å². The first-order valence-corrected chi connectivity index (χ1v) is 7.60. The molecule has 0 aromatic carbocycles. The Morgan fingerprint density at radius 2 is 2.06 bits per heavy atom. The van der Waals surface area contributed by atoms with Gasteiger partial charge >= 0.3 is 0 Å². The highest BCUT2D eigenvalue weighted by atomic mass is 32.2. The maximum Gasteiger partial charge on any atom is 0.132 e. The summed E-state index contributed by atoms with van der Waals surface area (Å²) < 4.78 is 14.2. The van der Waals surface area contributed by atoms with Gasteiger partial charge < -0.3 is 4.55 Å². The minimum atomic E-state index is -0.800. The maximum absolute atomic E-state index is 12.1. The van der Waals surface area contributed by atoms with Crippen molar-refractivity contribution < 1.29 is 4.55 Å². The van der Waals surface area contributed by atoms with Crippen LogP contribution < -0.4 is 0 Å². The predicted octanol–water partition coefficient (Wildman–Crippen LogP) is 3.52. The largest absolute Gasteiger partial charge is 0.598 e. The Morgan fingerprint density at radius 3 is 2.56 bits per heavy atom. The lowest BCUT2D eigenvalue weighted by Gasteiger charge is -2.27. The van der Waals surface area contributed by atoms with E-state index in [9.17, 15) is 4.55 Å². The molecule has 0 radical (unpaired) electrons. The van der Waals surface area contributed by atoms with Crippen LogP contribution in [0.25, 0.3) is 0 Å². The van der Waals surface area contributed by atoms with E-state index in [1.54, 1.807) is 0 Å². The van der Waals surface area contributed by atoms with Crippen LogP contribution in [0.15, 0.2) is 12.7 Å². The fourth-order valence-corrected chi connectivity index (χ4v) is 3.19. The summed E-state index contributed by atoms with van der Waals surface area (Å²) in [6, 6.07) is 0. The number of unbranched alkanes of at least 4 members (excludes halogenated alkanes) is 2. The minimum absolute atomic E-state index is 0.288. The highest BCUT2D eigenvalue weighted by Gasteiger charge is 2.23. The highest BCUT2D eigenvalue weighted by Crippen LogP contribution is 2.15. The molecule has 0 N–H and O–H groups in total. The summed E-state index contributed by atoms with van der Waals surface area (Å²) in [5, 5.41) is 0.288. The summed E-state index contributed by atoms with van der Waals surface area (Å²) in [6.45, 7) is 11.9. The Labute approximate surface area is 104 Å². The fraction of sp³-hybridized carbons (Fsp3) is 0.846. The van der Waals surface area contributed by atoms with E-state index in [1.165, 1.54) is 6.42 Å². The van der Waals surface area contributed by atoms with Gasteiger partial charge in [0.1, 0.15) is 5.25 Å². The number of nitrogens with zero attached hydrogens (tertiary/aromatic N) is 1. The second-order valence-electron chi connectivity index (χ2n) is 4.18. The van der Waals surface area contributed by atoms with E-state index in [-0.39, 0.29) is 5.25 Å². The van der Waals surface area contributed by atoms with Crippen molar-refractivity contribution in [1.29, 1.82) is 0 Å². The molecule has 0 amide bonds. The molecule has 0 fully saturated rings. The van der Waals surface area contributed by atoms with Crippen LogP contribution >= 0.6 is 0 Å². The van der Waals surface area contributed by atoms with Crippen LogP contribution in [0.3, 0.4) is 0 Å². The van der Waals surface area contributed by atoms with E-state index >= 15 is 0 Å². The third kappa shape index (κ3) is 6.56. The van der Waals surface area contributed by atoms with Gasteiger partial charge in [0.2, 0.25) is 0 Å². The van der Waals surface area contributed by atoms with Crippen LogP contribution in [0, 0.1) is 0 Å². The smallest absolute Gasteiger partial charge is 0.132 e. The minimum Gasteiger partial charge on any atom is -0.598 e. The summed E-state index contributed by atoms with van der Waals surface area (Å²) in [5.74, 6) is 0. The molecule has 0 aromatic heterocycles. The monoisotopic (exact) mass is 245 g/mol. The molecular formula is C13H27NOS. The summed E-state index contributed by atoms with van der Waals surface area (Å²) in [6.07, 6.45) is 7.49. The van der Waals surface area contributed by atoms with E-state index in [1.807, 2.05) is 6.08 Å². The number of allylic oxidation sites excluding steroid dienone is 1. The molecule has 0 saturated carbocycles. The Morgan fingerprint density at radius 1 is 1.38 bits per heavy atom. The zero-order valence-electron chi connectivity index (χ0n) is 11.1. The number of hydrogen-bond donors (Lipinski definition) is 0. The zero-order chi connectivity index (χ0) is 12.4. The van der Waals surface area contributed by atoms with Gasteiger partial charge in [-0.15, -0.1) is 10.9 Å². The predicted molar refractivity (Wildman–Crippen MR) is 73.8 cm³/mol. The molecular weight excluding hydrogens is 218 g/mol. The highest BCUT2D eigenvalue weighted by molar-refractivity contribution is 7.89. The number of rotatable bonds is 10. The van der Waals surface area contributed by atoms with Gasteiger partial charge in [0.05, 0.1) is 0 Å². The molecule has 0 aliphatic carbocycles. The van der Waals surface area contributed by atoms with E-state index in [4.69, 9.17) is 0 Å². The SMILES string of the molecule is C=CCCCCC(C)[S+]([O-])N(CC)CCC. The quantitative estimate of drug-likeness (QED) is 0.334.